The Balaban J connectivity index is 1.64. The smallest absolute Gasteiger partial charge is 0.236 e. The van der Waals surface area contributed by atoms with Crippen LogP contribution in [-0.4, -0.2) is 30.3 Å². The Morgan fingerprint density at radius 1 is 1.08 bits per heavy atom. The standard InChI is InChI=1S/C18H17N3O4/c1-23-14-8-6-12(7-9-14)18-20-17(25-21-18)11-16(22)19-13-4-3-5-15(10-13)24-2/h3-10H,11H2,1-2H3,(H,19,22). The third-order valence-electron chi connectivity index (χ3n) is 3.48. The molecule has 0 saturated heterocycles. The number of hydrogen-bond acceptors (Lipinski definition) is 6. The van der Waals surface area contributed by atoms with E-state index < -0.39 is 0 Å². The van der Waals surface area contributed by atoms with Crippen LogP contribution >= 0.6 is 0 Å². The van der Waals surface area contributed by atoms with Gasteiger partial charge in [0, 0.05) is 17.3 Å². The number of aromatic nitrogens is 2. The van der Waals surface area contributed by atoms with Crippen LogP contribution in [0.15, 0.2) is 53.1 Å². The van der Waals surface area contributed by atoms with Gasteiger partial charge in [0.1, 0.15) is 17.9 Å². The minimum Gasteiger partial charge on any atom is -0.497 e. The number of methoxy groups -OCH3 is 2. The van der Waals surface area contributed by atoms with Crippen molar-refractivity contribution in [3.8, 4) is 22.9 Å². The average molecular weight is 339 g/mol. The lowest BCUT2D eigenvalue weighted by molar-refractivity contribution is -0.115. The molecule has 25 heavy (non-hydrogen) atoms. The highest BCUT2D eigenvalue weighted by Gasteiger charge is 2.13. The van der Waals surface area contributed by atoms with Crippen LogP contribution in [0.3, 0.4) is 0 Å². The summed E-state index contributed by atoms with van der Waals surface area (Å²) in [4.78, 5) is 16.4. The van der Waals surface area contributed by atoms with E-state index in [4.69, 9.17) is 14.0 Å². The molecule has 3 aromatic rings. The first-order valence-corrected chi connectivity index (χ1v) is 7.59. The number of amides is 1. The zero-order valence-electron chi connectivity index (χ0n) is 13.9. The van der Waals surface area contributed by atoms with Crippen molar-refractivity contribution in [1.29, 1.82) is 0 Å². The molecule has 0 fully saturated rings. The number of benzene rings is 2. The van der Waals surface area contributed by atoms with E-state index in [2.05, 4.69) is 15.5 Å². The van der Waals surface area contributed by atoms with E-state index in [1.54, 1.807) is 50.6 Å². The van der Waals surface area contributed by atoms with Gasteiger partial charge in [-0.2, -0.15) is 4.98 Å². The molecule has 0 unspecified atom stereocenters. The van der Waals surface area contributed by atoms with Gasteiger partial charge in [0.25, 0.3) is 0 Å². The second-order valence-corrected chi connectivity index (χ2v) is 5.20. The fraction of sp³-hybridized carbons (Fsp3) is 0.167. The van der Waals surface area contributed by atoms with Crippen molar-refractivity contribution in [2.45, 2.75) is 6.42 Å². The molecule has 1 heterocycles. The Labute approximate surface area is 144 Å². The van der Waals surface area contributed by atoms with E-state index in [1.165, 1.54) is 0 Å². The van der Waals surface area contributed by atoms with Crippen LogP contribution in [-0.2, 0) is 11.2 Å². The highest BCUT2D eigenvalue weighted by molar-refractivity contribution is 5.91. The zero-order chi connectivity index (χ0) is 17.6. The van der Waals surface area contributed by atoms with E-state index >= 15 is 0 Å². The Morgan fingerprint density at radius 2 is 1.84 bits per heavy atom. The summed E-state index contributed by atoms with van der Waals surface area (Å²) < 4.78 is 15.4. The van der Waals surface area contributed by atoms with Crippen molar-refractivity contribution in [2.75, 3.05) is 19.5 Å². The summed E-state index contributed by atoms with van der Waals surface area (Å²) in [6, 6.07) is 14.4. The zero-order valence-corrected chi connectivity index (χ0v) is 13.9. The lowest BCUT2D eigenvalue weighted by atomic mass is 10.2. The molecule has 0 bridgehead atoms. The molecule has 2 aromatic carbocycles. The van der Waals surface area contributed by atoms with Crippen molar-refractivity contribution in [1.82, 2.24) is 10.1 Å². The fourth-order valence-corrected chi connectivity index (χ4v) is 2.23. The van der Waals surface area contributed by atoms with Gasteiger partial charge in [-0.3, -0.25) is 4.79 Å². The largest absolute Gasteiger partial charge is 0.497 e. The molecule has 0 radical (unpaired) electrons. The molecule has 3 rings (SSSR count). The van der Waals surface area contributed by atoms with Gasteiger partial charge in [0.15, 0.2) is 0 Å². The van der Waals surface area contributed by atoms with Gasteiger partial charge in [0.2, 0.25) is 17.6 Å². The number of hydrogen-bond donors (Lipinski definition) is 1. The van der Waals surface area contributed by atoms with Crippen LogP contribution in [0, 0.1) is 0 Å². The minimum absolute atomic E-state index is 0.0135. The predicted molar refractivity (Wildman–Crippen MR) is 91.6 cm³/mol. The van der Waals surface area contributed by atoms with Crippen molar-refractivity contribution in [3.63, 3.8) is 0 Å². The fourth-order valence-electron chi connectivity index (χ4n) is 2.23. The van der Waals surface area contributed by atoms with Crippen LogP contribution in [0.25, 0.3) is 11.4 Å². The molecule has 128 valence electrons. The predicted octanol–water partition coefficient (Wildman–Crippen LogP) is 2.94. The first-order chi connectivity index (χ1) is 12.2. The summed E-state index contributed by atoms with van der Waals surface area (Å²) in [5.41, 5.74) is 1.42. The SMILES string of the molecule is COc1ccc(-c2noc(CC(=O)Nc3cccc(OC)c3)n2)cc1. The molecule has 0 atom stereocenters. The lowest BCUT2D eigenvalue weighted by Crippen LogP contribution is -2.14. The number of carbonyl (C=O) groups excluding carboxylic acids is 1. The maximum atomic E-state index is 12.1. The van der Waals surface area contributed by atoms with Gasteiger partial charge in [-0.05, 0) is 36.4 Å². The quantitative estimate of drug-likeness (QED) is 0.743. The van der Waals surface area contributed by atoms with Crippen molar-refractivity contribution in [2.24, 2.45) is 0 Å². The normalized spacial score (nSPS) is 10.3. The van der Waals surface area contributed by atoms with Gasteiger partial charge in [-0.25, -0.2) is 0 Å². The Morgan fingerprint density at radius 3 is 2.56 bits per heavy atom. The number of ether oxygens (including phenoxy) is 2. The van der Waals surface area contributed by atoms with Crippen molar-refractivity contribution < 1.29 is 18.8 Å². The van der Waals surface area contributed by atoms with Crippen molar-refractivity contribution in [3.05, 3.63) is 54.4 Å². The third kappa shape index (κ3) is 4.14. The lowest BCUT2D eigenvalue weighted by Gasteiger charge is -2.05. The van der Waals surface area contributed by atoms with Crippen LogP contribution in [0.1, 0.15) is 5.89 Å². The molecular formula is C18H17N3O4. The maximum Gasteiger partial charge on any atom is 0.236 e. The number of carbonyl (C=O) groups is 1. The summed E-state index contributed by atoms with van der Waals surface area (Å²) in [6.45, 7) is 0. The van der Waals surface area contributed by atoms with Gasteiger partial charge in [-0.15, -0.1) is 0 Å². The van der Waals surface area contributed by atoms with E-state index in [-0.39, 0.29) is 18.2 Å². The monoisotopic (exact) mass is 339 g/mol. The van der Waals surface area contributed by atoms with E-state index in [9.17, 15) is 4.79 Å². The minimum atomic E-state index is -0.252. The van der Waals surface area contributed by atoms with Crippen LogP contribution in [0.4, 0.5) is 5.69 Å². The second kappa shape index (κ2) is 7.48. The first-order valence-electron chi connectivity index (χ1n) is 7.59. The molecule has 1 aromatic heterocycles. The molecule has 1 amide bonds. The molecule has 0 aliphatic rings. The number of anilines is 1. The summed E-state index contributed by atoms with van der Waals surface area (Å²) >= 11 is 0. The summed E-state index contributed by atoms with van der Waals surface area (Å²) in [5.74, 6) is 1.82. The molecule has 1 N–H and O–H groups in total. The molecule has 0 aliphatic heterocycles. The second-order valence-electron chi connectivity index (χ2n) is 5.20. The average Bonchev–Trinajstić information content (AvgIpc) is 3.10. The van der Waals surface area contributed by atoms with E-state index in [0.29, 0.717) is 17.3 Å². The first kappa shape index (κ1) is 16.5. The maximum absolute atomic E-state index is 12.1. The number of nitrogens with zero attached hydrogens (tertiary/aromatic N) is 2. The topological polar surface area (TPSA) is 86.5 Å². The van der Waals surface area contributed by atoms with Crippen LogP contribution in [0.2, 0.25) is 0 Å². The molecule has 0 saturated carbocycles. The van der Waals surface area contributed by atoms with Gasteiger partial charge in [0.05, 0.1) is 14.2 Å². The highest BCUT2D eigenvalue weighted by atomic mass is 16.5. The molecular weight excluding hydrogens is 322 g/mol. The summed E-state index contributed by atoms with van der Waals surface area (Å²) in [5, 5.41) is 6.67. The van der Waals surface area contributed by atoms with Crippen LogP contribution in [0.5, 0.6) is 11.5 Å². The summed E-state index contributed by atoms with van der Waals surface area (Å²) in [6.07, 6.45) is -0.0135. The Kier molecular flexibility index (Phi) is 4.94. The van der Waals surface area contributed by atoms with E-state index in [0.717, 1.165) is 11.3 Å². The third-order valence-corrected chi connectivity index (χ3v) is 3.48. The number of nitrogens with one attached hydrogen (secondary N) is 1. The van der Waals surface area contributed by atoms with Crippen LogP contribution < -0.4 is 14.8 Å². The Bertz CT molecular complexity index is 859. The highest BCUT2D eigenvalue weighted by Crippen LogP contribution is 2.20. The van der Waals surface area contributed by atoms with Gasteiger partial charge >= 0.3 is 0 Å². The van der Waals surface area contributed by atoms with Gasteiger partial charge < -0.3 is 19.3 Å². The number of rotatable bonds is 6. The molecule has 7 heteroatoms. The van der Waals surface area contributed by atoms with Crippen molar-refractivity contribution >= 4 is 11.6 Å². The molecule has 7 nitrogen and oxygen atoms in total. The Hall–Kier alpha value is -3.35. The molecule has 0 spiro atoms. The summed E-state index contributed by atoms with van der Waals surface area (Å²) in [7, 11) is 3.17. The molecule has 0 aliphatic carbocycles. The van der Waals surface area contributed by atoms with Gasteiger partial charge in [-0.1, -0.05) is 11.2 Å². The van der Waals surface area contributed by atoms with E-state index in [1.807, 2.05) is 12.1 Å².